The van der Waals surface area contributed by atoms with Crippen LogP contribution in [0.1, 0.15) is 13.8 Å². The Labute approximate surface area is 146 Å². The van der Waals surface area contributed by atoms with Crippen molar-refractivity contribution in [1.82, 2.24) is 0 Å². The van der Waals surface area contributed by atoms with Gasteiger partial charge in [-0.3, -0.25) is 9.52 Å². The molecule has 0 bridgehead atoms. The first-order chi connectivity index (χ1) is 11.9. The summed E-state index contributed by atoms with van der Waals surface area (Å²) in [6, 6.07) is 10.8. The first-order valence-corrected chi connectivity index (χ1v) is 9.24. The number of carbonyl (C=O) groups is 1. The van der Waals surface area contributed by atoms with Crippen LogP contribution in [0.15, 0.2) is 47.4 Å². The molecule has 8 heteroatoms. The first-order valence-electron chi connectivity index (χ1n) is 7.76. The number of ether oxygens (including phenoxy) is 2. The van der Waals surface area contributed by atoms with Gasteiger partial charge < -0.3 is 14.8 Å². The van der Waals surface area contributed by atoms with Crippen molar-refractivity contribution < 1.29 is 22.7 Å². The summed E-state index contributed by atoms with van der Waals surface area (Å²) in [5.41, 5.74) is 0.751. The lowest BCUT2D eigenvalue weighted by Crippen LogP contribution is -2.34. The van der Waals surface area contributed by atoms with E-state index in [-0.39, 0.29) is 10.8 Å². The standard InChI is InChI=1S/C17H18N2O5S/c1-3-23-13-5-7-14(8-6-13)25(21,22)19-12-4-9-16-15(10-12)18-17(20)11(2)24-16/h4-11,19H,3H2,1-2H3,(H,18,20)/t11-/m0/s1. The Balaban J connectivity index is 1.81. The van der Waals surface area contributed by atoms with E-state index in [0.29, 0.717) is 29.5 Å². The summed E-state index contributed by atoms with van der Waals surface area (Å²) >= 11 is 0. The number of carbonyl (C=O) groups excluding carboxylic acids is 1. The van der Waals surface area contributed by atoms with E-state index < -0.39 is 16.1 Å². The number of amides is 1. The number of rotatable bonds is 5. The first kappa shape index (κ1) is 17.1. The van der Waals surface area contributed by atoms with Crippen LogP contribution in [0.2, 0.25) is 0 Å². The number of sulfonamides is 1. The third-order valence-corrected chi connectivity index (χ3v) is 5.00. The van der Waals surface area contributed by atoms with E-state index in [1.54, 1.807) is 31.2 Å². The monoisotopic (exact) mass is 362 g/mol. The van der Waals surface area contributed by atoms with Crippen molar-refractivity contribution in [2.45, 2.75) is 24.8 Å². The molecular weight excluding hydrogens is 344 g/mol. The molecule has 1 aliphatic rings. The zero-order valence-corrected chi connectivity index (χ0v) is 14.6. The number of fused-ring (bicyclic) bond motifs is 1. The highest BCUT2D eigenvalue weighted by Crippen LogP contribution is 2.33. The molecule has 0 saturated carbocycles. The molecule has 1 atom stereocenters. The SMILES string of the molecule is CCOc1ccc(S(=O)(=O)Nc2ccc3c(c2)NC(=O)[C@H](C)O3)cc1. The number of anilines is 2. The van der Waals surface area contributed by atoms with Crippen LogP contribution in [0, 0.1) is 0 Å². The van der Waals surface area contributed by atoms with Crippen molar-refractivity contribution in [2.75, 3.05) is 16.6 Å². The van der Waals surface area contributed by atoms with Crippen LogP contribution in [-0.4, -0.2) is 27.0 Å². The Morgan fingerprint density at radius 3 is 2.60 bits per heavy atom. The zero-order valence-electron chi connectivity index (χ0n) is 13.8. The van der Waals surface area contributed by atoms with Crippen LogP contribution in [-0.2, 0) is 14.8 Å². The third kappa shape index (κ3) is 3.69. The van der Waals surface area contributed by atoms with Crippen molar-refractivity contribution in [3.63, 3.8) is 0 Å². The lowest BCUT2D eigenvalue weighted by atomic mass is 10.2. The van der Waals surface area contributed by atoms with Gasteiger partial charge in [0.25, 0.3) is 15.9 Å². The summed E-state index contributed by atoms with van der Waals surface area (Å²) < 4.78 is 38.2. The maximum atomic E-state index is 12.5. The van der Waals surface area contributed by atoms with Gasteiger partial charge in [-0.05, 0) is 56.3 Å². The molecule has 2 aromatic carbocycles. The minimum Gasteiger partial charge on any atom is -0.494 e. The van der Waals surface area contributed by atoms with Crippen molar-refractivity contribution in [2.24, 2.45) is 0 Å². The van der Waals surface area contributed by atoms with E-state index in [1.807, 2.05) is 6.92 Å². The van der Waals surface area contributed by atoms with E-state index in [4.69, 9.17) is 9.47 Å². The predicted octanol–water partition coefficient (Wildman–Crippen LogP) is 2.61. The molecule has 25 heavy (non-hydrogen) atoms. The van der Waals surface area contributed by atoms with E-state index in [1.165, 1.54) is 18.2 Å². The van der Waals surface area contributed by atoms with Crippen molar-refractivity contribution >= 4 is 27.3 Å². The van der Waals surface area contributed by atoms with Gasteiger partial charge in [-0.15, -0.1) is 0 Å². The van der Waals surface area contributed by atoms with Crippen molar-refractivity contribution in [1.29, 1.82) is 0 Å². The Morgan fingerprint density at radius 2 is 1.92 bits per heavy atom. The summed E-state index contributed by atoms with van der Waals surface area (Å²) in [6.07, 6.45) is -0.584. The van der Waals surface area contributed by atoms with Crippen LogP contribution in [0.5, 0.6) is 11.5 Å². The van der Waals surface area contributed by atoms with Gasteiger partial charge in [0.15, 0.2) is 6.10 Å². The summed E-state index contributed by atoms with van der Waals surface area (Å²) in [6.45, 7) is 4.00. The molecule has 3 rings (SSSR count). The van der Waals surface area contributed by atoms with E-state index in [0.717, 1.165) is 0 Å². The third-order valence-electron chi connectivity index (χ3n) is 3.61. The van der Waals surface area contributed by atoms with Crippen LogP contribution in [0.4, 0.5) is 11.4 Å². The normalized spacial score (nSPS) is 16.4. The van der Waals surface area contributed by atoms with Crippen LogP contribution < -0.4 is 19.5 Å². The van der Waals surface area contributed by atoms with Crippen LogP contribution in [0.3, 0.4) is 0 Å². The number of hydrogen-bond acceptors (Lipinski definition) is 5. The highest BCUT2D eigenvalue weighted by Gasteiger charge is 2.24. The molecule has 0 saturated heterocycles. The largest absolute Gasteiger partial charge is 0.494 e. The molecule has 0 aromatic heterocycles. The van der Waals surface area contributed by atoms with Crippen molar-refractivity contribution in [3.05, 3.63) is 42.5 Å². The van der Waals surface area contributed by atoms with Crippen LogP contribution >= 0.6 is 0 Å². The van der Waals surface area contributed by atoms with Gasteiger partial charge in [-0.1, -0.05) is 0 Å². The Kier molecular flexibility index (Phi) is 4.54. The summed E-state index contributed by atoms with van der Waals surface area (Å²) in [5, 5.41) is 2.68. The topological polar surface area (TPSA) is 93.7 Å². The van der Waals surface area contributed by atoms with E-state index in [9.17, 15) is 13.2 Å². The molecule has 1 amide bonds. The lowest BCUT2D eigenvalue weighted by Gasteiger charge is -2.23. The minimum atomic E-state index is -3.75. The second-order valence-corrected chi connectivity index (χ2v) is 7.15. The van der Waals surface area contributed by atoms with Gasteiger partial charge in [-0.25, -0.2) is 8.42 Å². The molecule has 0 spiro atoms. The fourth-order valence-electron chi connectivity index (χ4n) is 2.37. The van der Waals surface area contributed by atoms with Crippen molar-refractivity contribution in [3.8, 4) is 11.5 Å². The highest BCUT2D eigenvalue weighted by atomic mass is 32.2. The number of hydrogen-bond donors (Lipinski definition) is 2. The van der Waals surface area contributed by atoms with Gasteiger partial charge in [0.05, 0.1) is 22.9 Å². The summed E-state index contributed by atoms with van der Waals surface area (Å²) in [4.78, 5) is 11.8. The van der Waals surface area contributed by atoms with Gasteiger partial charge in [0.1, 0.15) is 11.5 Å². The van der Waals surface area contributed by atoms with E-state index in [2.05, 4.69) is 10.0 Å². The zero-order chi connectivity index (χ0) is 18.0. The Morgan fingerprint density at radius 1 is 1.20 bits per heavy atom. The fraction of sp³-hybridized carbons (Fsp3) is 0.235. The number of benzene rings is 2. The predicted molar refractivity (Wildman–Crippen MR) is 93.6 cm³/mol. The number of nitrogens with one attached hydrogen (secondary N) is 2. The van der Waals surface area contributed by atoms with Gasteiger partial charge in [-0.2, -0.15) is 0 Å². The summed E-state index contributed by atoms with van der Waals surface area (Å²) in [5.74, 6) is 0.819. The van der Waals surface area contributed by atoms with E-state index >= 15 is 0 Å². The quantitative estimate of drug-likeness (QED) is 0.853. The Hall–Kier alpha value is -2.74. The highest BCUT2D eigenvalue weighted by molar-refractivity contribution is 7.92. The second-order valence-electron chi connectivity index (χ2n) is 5.47. The molecular formula is C17H18N2O5S. The van der Waals surface area contributed by atoms with Crippen LogP contribution in [0.25, 0.3) is 0 Å². The molecule has 0 aliphatic carbocycles. The second kappa shape index (κ2) is 6.64. The maximum absolute atomic E-state index is 12.5. The molecule has 7 nitrogen and oxygen atoms in total. The minimum absolute atomic E-state index is 0.114. The van der Waals surface area contributed by atoms with Gasteiger partial charge in [0.2, 0.25) is 0 Å². The molecule has 0 unspecified atom stereocenters. The fourth-order valence-corrected chi connectivity index (χ4v) is 3.42. The molecule has 132 valence electrons. The Bertz CT molecular complexity index is 894. The lowest BCUT2D eigenvalue weighted by molar-refractivity contribution is -0.122. The maximum Gasteiger partial charge on any atom is 0.265 e. The molecule has 2 aromatic rings. The average Bonchev–Trinajstić information content (AvgIpc) is 2.57. The summed E-state index contributed by atoms with van der Waals surface area (Å²) in [7, 11) is -3.75. The molecule has 0 radical (unpaired) electrons. The van der Waals surface area contributed by atoms with Gasteiger partial charge >= 0.3 is 0 Å². The smallest absolute Gasteiger partial charge is 0.265 e. The average molecular weight is 362 g/mol. The molecule has 1 aliphatic heterocycles. The molecule has 0 fully saturated rings. The molecule has 2 N–H and O–H groups in total. The molecule has 1 heterocycles. The van der Waals surface area contributed by atoms with Gasteiger partial charge in [0, 0.05) is 0 Å².